The Hall–Kier alpha value is -3.43. The molecule has 2 aliphatic rings. The number of carbonyl (C=O) groups excluding carboxylic acids is 3. The first kappa shape index (κ1) is 22.3. The number of β-lactam (4-membered cyclic amide) rings is 1. The molecule has 3 rings (SSSR count). The molecule has 10 nitrogen and oxygen atoms in total. The molecule has 1 aromatic carbocycles. The Kier molecular flexibility index (Phi) is 6.57. The quantitative estimate of drug-likeness (QED) is 0.222. The van der Waals surface area contributed by atoms with E-state index in [1.807, 2.05) is 30.3 Å². The number of carbonyl (C=O) groups is 3. The molecule has 1 heterocycles. The number of likely N-dealkylation sites (tertiary alicyclic amines) is 1. The number of esters is 1. The number of benzene rings is 1. The van der Waals surface area contributed by atoms with Gasteiger partial charge in [0.15, 0.2) is 12.0 Å². The fraction of sp³-hybridized carbons (Fsp3) is 0.476. The molecule has 0 aromatic heterocycles. The Morgan fingerprint density at radius 2 is 1.97 bits per heavy atom. The van der Waals surface area contributed by atoms with Gasteiger partial charge in [-0.3, -0.25) is 10.2 Å². The second kappa shape index (κ2) is 9.15. The average molecular weight is 428 g/mol. The van der Waals surface area contributed by atoms with Crippen LogP contribution in [0.2, 0.25) is 0 Å². The van der Waals surface area contributed by atoms with Crippen LogP contribution in [0.1, 0.15) is 37.8 Å². The molecule has 0 bridgehead atoms. The first-order valence-electron chi connectivity index (χ1n) is 10.2. The molecule has 3 amide bonds. The highest BCUT2D eigenvalue weighted by molar-refractivity contribution is 6.09. The van der Waals surface area contributed by atoms with Crippen molar-refractivity contribution in [2.75, 3.05) is 7.05 Å². The lowest BCUT2D eigenvalue weighted by Crippen LogP contribution is -2.73. The third kappa shape index (κ3) is 4.37. The molecular weight excluding hydrogens is 400 g/mol. The van der Waals surface area contributed by atoms with E-state index in [1.54, 1.807) is 6.92 Å². The third-order valence-corrected chi connectivity index (χ3v) is 5.94. The lowest BCUT2D eigenvalue weighted by molar-refractivity contribution is -0.177. The molecule has 10 heteroatoms. The van der Waals surface area contributed by atoms with E-state index in [0.29, 0.717) is 0 Å². The number of nitrogens with two attached hydrogens (primary N) is 1. The number of nitrogens with zero attached hydrogens (tertiary/aromatic N) is 2. The molecule has 0 spiro atoms. The molecule has 1 aromatic rings. The number of nitrogens with one attached hydrogen (secondary N) is 3. The van der Waals surface area contributed by atoms with Crippen molar-refractivity contribution in [3.05, 3.63) is 35.9 Å². The SMILES string of the molecule is C[C@@H](NC(=O)N1C(=O)C(C(C=N)N(C)C(=N)N)C1C(=O)OC1CCC1)c1ccccc1. The second-order valence-electron chi connectivity index (χ2n) is 7.90. The number of ether oxygens (including phenoxy) is 1. The van der Waals surface area contributed by atoms with E-state index in [4.69, 9.17) is 21.3 Å². The van der Waals surface area contributed by atoms with E-state index in [0.717, 1.165) is 35.9 Å². The Bertz CT molecular complexity index is 872. The van der Waals surface area contributed by atoms with Gasteiger partial charge >= 0.3 is 12.0 Å². The number of rotatable bonds is 7. The maximum atomic E-state index is 12.9. The first-order chi connectivity index (χ1) is 14.8. The fourth-order valence-corrected chi connectivity index (χ4v) is 3.74. The van der Waals surface area contributed by atoms with Gasteiger partial charge in [0, 0.05) is 13.3 Å². The Morgan fingerprint density at radius 3 is 2.48 bits per heavy atom. The molecule has 1 aliphatic carbocycles. The van der Waals surface area contributed by atoms with Crippen LogP contribution in [0.15, 0.2) is 30.3 Å². The van der Waals surface area contributed by atoms with Crippen molar-refractivity contribution in [2.45, 2.75) is 50.4 Å². The molecule has 4 atom stereocenters. The van der Waals surface area contributed by atoms with Crippen molar-refractivity contribution in [1.29, 1.82) is 10.8 Å². The Morgan fingerprint density at radius 1 is 1.32 bits per heavy atom. The minimum absolute atomic E-state index is 0.221. The summed E-state index contributed by atoms with van der Waals surface area (Å²) in [6.07, 6.45) is 3.18. The highest BCUT2D eigenvalue weighted by Crippen LogP contribution is 2.34. The molecule has 5 N–H and O–H groups in total. The molecule has 1 saturated heterocycles. The van der Waals surface area contributed by atoms with Gasteiger partial charge in [0.2, 0.25) is 5.91 Å². The van der Waals surface area contributed by atoms with Crippen LogP contribution in [-0.4, -0.2) is 65.1 Å². The van der Waals surface area contributed by atoms with Crippen LogP contribution in [0, 0.1) is 16.7 Å². The van der Waals surface area contributed by atoms with Gasteiger partial charge in [-0.25, -0.2) is 14.5 Å². The molecule has 31 heavy (non-hydrogen) atoms. The second-order valence-corrected chi connectivity index (χ2v) is 7.90. The van der Waals surface area contributed by atoms with Crippen LogP contribution in [0.4, 0.5) is 4.79 Å². The van der Waals surface area contributed by atoms with Gasteiger partial charge < -0.3 is 26.1 Å². The van der Waals surface area contributed by atoms with Crippen LogP contribution < -0.4 is 11.1 Å². The Balaban J connectivity index is 1.81. The number of amides is 3. The molecule has 3 unspecified atom stereocenters. The van der Waals surface area contributed by atoms with Crippen molar-refractivity contribution in [3.63, 3.8) is 0 Å². The van der Waals surface area contributed by atoms with Crippen LogP contribution in [0.3, 0.4) is 0 Å². The summed E-state index contributed by atoms with van der Waals surface area (Å²) in [5, 5.41) is 18.1. The molecule has 2 fully saturated rings. The number of hydrogen-bond donors (Lipinski definition) is 4. The van der Waals surface area contributed by atoms with Crippen molar-refractivity contribution in [2.24, 2.45) is 11.7 Å². The summed E-state index contributed by atoms with van der Waals surface area (Å²) < 4.78 is 5.48. The molecular formula is C21H28N6O4. The monoisotopic (exact) mass is 428 g/mol. The van der Waals surface area contributed by atoms with Crippen molar-refractivity contribution < 1.29 is 19.1 Å². The lowest BCUT2D eigenvalue weighted by Gasteiger charge is -2.48. The van der Waals surface area contributed by atoms with Gasteiger partial charge in [-0.1, -0.05) is 30.3 Å². The molecule has 166 valence electrons. The minimum Gasteiger partial charge on any atom is -0.461 e. The minimum atomic E-state index is -1.19. The summed E-state index contributed by atoms with van der Waals surface area (Å²) in [6.45, 7) is 1.78. The summed E-state index contributed by atoms with van der Waals surface area (Å²) in [6, 6.07) is 6.01. The van der Waals surface area contributed by atoms with Crippen molar-refractivity contribution >= 4 is 30.1 Å². The smallest absolute Gasteiger partial charge is 0.330 e. The van der Waals surface area contributed by atoms with Gasteiger partial charge in [0.25, 0.3) is 0 Å². The lowest BCUT2D eigenvalue weighted by atomic mass is 9.81. The Labute approximate surface area is 180 Å². The van der Waals surface area contributed by atoms with Gasteiger partial charge in [-0.05, 0) is 31.7 Å². The summed E-state index contributed by atoms with van der Waals surface area (Å²) in [7, 11) is 1.46. The van der Waals surface area contributed by atoms with Crippen molar-refractivity contribution in [1.82, 2.24) is 15.1 Å². The molecule has 1 saturated carbocycles. The van der Waals surface area contributed by atoms with Gasteiger partial charge in [-0.15, -0.1) is 0 Å². The first-order valence-corrected chi connectivity index (χ1v) is 10.2. The normalized spacial score (nSPS) is 22.4. The predicted molar refractivity (Wildman–Crippen MR) is 113 cm³/mol. The molecule has 0 radical (unpaired) electrons. The van der Waals surface area contributed by atoms with E-state index in [9.17, 15) is 14.4 Å². The van der Waals surface area contributed by atoms with Gasteiger partial charge in [-0.2, -0.15) is 0 Å². The van der Waals surface area contributed by atoms with E-state index in [2.05, 4.69) is 5.32 Å². The summed E-state index contributed by atoms with van der Waals surface area (Å²) >= 11 is 0. The number of hydrogen-bond acceptors (Lipinski definition) is 6. The standard InChI is InChI=1S/C21H28N6O4/c1-12(13-7-4-3-5-8-13)25-21(30)27-17(19(29)31-14-9-6-10-14)16(18(27)28)15(11-22)26(2)20(23)24/h3-5,7-8,11-12,14-17,22H,6,9-10H2,1-2H3,(H3,23,24)(H,25,30)/t12-,15?,16?,17?/m1/s1. The van der Waals surface area contributed by atoms with E-state index < -0.39 is 35.9 Å². The van der Waals surface area contributed by atoms with E-state index in [-0.39, 0.29) is 18.1 Å². The van der Waals surface area contributed by atoms with Crippen LogP contribution in [0.5, 0.6) is 0 Å². The van der Waals surface area contributed by atoms with Crippen molar-refractivity contribution in [3.8, 4) is 0 Å². The largest absolute Gasteiger partial charge is 0.461 e. The van der Waals surface area contributed by atoms with E-state index in [1.165, 1.54) is 11.9 Å². The zero-order chi connectivity index (χ0) is 22.7. The van der Waals surface area contributed by atoms with Crippen LogP contribution >= 0.6 is 0 Å². The third-order valence-electron chi connectivity index (χ3n) is 5.94. The highest BCUT2D eigenvalue weighted by Gasteiger charge is 2.59. The topological polar surface area (TPSA) is 153 Å². The number of imide groups is 1. The van der Waals surface area contributed by atoms with Crippen LogP contribution in [-0.2, 0) is 14.3 Å². The summed E-state index contributed by atoms with van der Waals surface area (Å²) in [5.74, 6) is -2.69. The summed E-state index contributed by atoms with van der Waals surface area (Å²) in [4.78, 5) is 40.8. The zero-order valence-corrected chi connectivity index (χ0v) is 17.6. The fourth-order valence-electron chi connectivity index (χ4n) is 3.74. The number of guanidine groups is 1. The highest BCUT2D eigenvalue weighted by atomic mass is 16.5. The maximum Gasteiger partial charge on any atom is 0.330 e. The van der Waals surface area contributed by atoms with E-state index >= 15 is 0 Å². The zero-order valence-electron chi connectivity index (χ0n) is 17.6. The summed E-state index contributed by atoms with van der Waals surface area (Å²) in [5.41, 5.74) is 6.37. The average Bonchev–Trinajstić information content (AvgIpc) is 2.72. The number of urea groups is 1. The predicted octanol–water partition coefficient (Wildman–Crippen LogP) is 1.22. The van der Waals surface area contributed by atoms with Gasteiger partial charge in [0.05, 0.1) is 18.0 Å². The van der Waals surface area contributed by atoms with Crippen LogP contribution in [0.25, 0.3) is 0 Å². The van der Waals surface area contributed by atoms with Gasteiger partial charge in [0.1, 0.15) is 6.10 Å². The molecule has 1 aliphatic heterocycles. The maximum absolute atomic E-state index is 12.9.